The first-order valence-electron chi connectivity index (χ1n) is 6.62. The lowest BCUT2D eigenvalue weighted by atomic mass is 10.1. The lowest BCUT2D eigenvalue weighted by Crippen LogP contribution is -2.29. The fourth-order valence-corrected chi connectivity index (χ4v) is 2.04. The van der Waals surface area contributed by atoms with Crippen LogP contribution in [-0.2, 0) is 9.59 Å². The van der Waals surface area contributed by atoms with E-state index in [1.54, 1.807) is 12.1 Å². The summed E-state index contributed by atoms with van der Waals surface area (Å²) in [5.41, 5.74) is 1.54. The van der Waals surface area contributed by atoms with Crippen LogP contribution in [0.25, 0.3) is 0 Å². The zero-order chi connectivity index (χ0) is 17.1. The van der Waals surface area contributed by atoms with Crippen LogP contribution in [0.1, 0.15) is 11.1 Å². The predicted molar refractivity (Wildman–Crippen MR) is 79.5 cm³/mol. The van der Waals surface area contributed by atoms with Gasteiger partial charge in [-0.05, 0) is 49.2 Å². The van der Waals surface area contributed by atoms with Crippen molar-refractivity contribution in [1.29, 1.82) is 0 Å². The van der Waals surface area contributed by atoms with Crippen LogP contribution in [0.2, 0.25) is 0 Å². The van der Waals surface area contributed by atoms with Gasteiger partial charge in [0.15, 0.2) is 17.5 Å². The number of carbonyl (C=O) groups is 2. The van der Waals surface area contributed by atoms with Gasteiger partial charge in [0.1, 0.15) is 0 Å². The molecule has 0 aliphatic carbocycles. The van der Waals surface area contributed by atoms with Crippen LogP contribution < -0.4 is 10.6 Å². The molecule has 0 heterocycles. The molecule has 4 nitrogen and oxygen atoms in total. The van der Waals surface area contributed by atoms with E-state index in [-0.39, 0.29) is 0 Å². The Labute approximate surface area is 130 Å². The van der Waals surface area contributed by atoms with E-state index >= 15 is 0 Å². The molecule has 23 heavy (non-hydrogen) atoms. The average molecular weight is 322 g/mol. The number of aryl methyl sites for hydroxylation is 2. The van der Waals surface area contributed by atoms with Crippen LogP contribution in [0.5, 0.6) is 0 Å². The Kier molecular flexibility index (Phi) is 4.68. The maximum absolute atomic E-state index is 13.5. The van der Waals surface area contributed by atoms with Crippen molar-refractivity contribution in [2.75, 3.05) is 10.6 Å². The van der Waals surface area contributed by atoms with E-state index < -0.39 is 35.0 Å². The molecule has 0 fully saturated rings. The molecular formula is C16H13F3N2O2. The highest BCUT2D eigenvalue weighted by molar-refractivity contribution is 6.43. The van der Waals surface area contributed by atoms with Crippen molar-refractivity contribution >= 4 is 23.2 Å². The third kappa shape index (κ3) is 3.88. The van der Waals surface area contributed by atoms with Crippen LogP contribution in [-0.4, -0.2) is 11.8 Å². The van der Waals surface area contributed by atoms with Gasteiger partial charge >= 0.3 is 11.8 Å². The van der Waals surface area contributed by atoms with Gasteiger partial charge in [-0.3, -0.25) is 9.59 Å². The minimum Gasteiger partial charge on any atom is -0.318 e. The minimum atomic E-state index is -1.72. The number of hydrogen-bond donors (Lipinski definition) is 2. The maximum atomic E-state index is 13.5. The van der Waals surface area contributed by atoms with Crippen molar-refractivity contribution in [2.24, 2.45) is 0 Å². The van der Waals surface area contributed by atoms with Gasteiger partial charge in [-0.2, -0.15) is 0 Å². The number of carbonyl (C=O) groups excluding carboxylic acids is 2. The summed E-state index contributed by atoms with van der Waals surface area (Å²) in [6.07, 6.45) is 0. The van der Waals surface area contributed by atoms with E-state index in [4.69, 9.17) is 0 Å². The highest BCUT2D eigenvalue weighted by Gasteiger charge is 2.19. The van der Waals surface area contributed by atoms with Gasteiger partial charge in [0.2, 0.25) is 0 Å². The summed E-state index contributed by atoms with van der Waals surface area (Å²) < 4.78 is 39.3. The van der Waals surface area contributed by atoms with Crippen molar-refractivity contribution < 1.29 is 22.8 Å². The molecule has 2 N–H and O–H groups in total. The van der Waals surface area contributed by atoms with E-state index in [1.165, 1.54) is 0 Å². The second kappa shape index (κ2) is 6.51. The summed E-state index contributed by atoms with van der Waals surface area (Å²) in [7, 11) is 0. The van der Waals surface area contributed by atoms with Gasteiger partial charge in [0.05, 0.1) is 5.69 Å². The van der Waals surface area contributed by atoms with Crippen molar-refractivity contribution in [2.45, 2.75) is 13.8 Å². The van der Waals surface area contributed by atoms with Crippen molar-refractivity contribution in [3.05, 3.63) is 58.9 Å². The van der Waals surface area contributed by atoms with Gasteiger partial charge in [-0.25, -0.2) is 13.2 Å². The number of hydrogen-bond acceptors (Lipinski definition) is 2. The van der Waals surface area contributed by atoms with E-state index in [9.17, 15) is 22.8 Å². The number of halogens is 3. The Balaban J connectivity index is 2.11. The molecule has 0 aromatic heterocycles. The summed E-state index contributed by atoms with van der Waals surface area (Å²) in [4.78, 5) is 23.5. The van der Waals surface area contributed by atoms with Crippen LogP contribution in [0.4, 0.5) is 24.5 Å². The topological polar surface area (TPSA) is 58.2 Å². The molecule has 2 aromatic carbocycles. The minimum absolute atomic E-state index is 0.397. The lowest BCUT2D eigenvalue weighted by molar-refractivity contribution is -0.133. The molecule has 0 aliphatic rings. The molecule has 0 radical (unpaired) electrons. The Bertz CT molecular complexity index is 771. The number of rotatable bonds is 2. The summed E-state index contributed by atoms with van der Waals surface area (Å²) in [5.74, 6) is -6.94. The SMILES string of the molecule is Cc1cc(C)cc(NC(=O)C(=O)Nc2ccc(F)c(F)c2F)c1. The van der Waals surface area contributed by atoms with Crippen LogP contribution >= 0.6 is 0 Å². The zero-order valence-corrected chi connectivity index (χ0v) is 12.3. The maximum Gasteiger partial charge on any atom is 0.314 e. The van der Waals surface area contributed by atoms with Crippen LogP contribution in [0, 0.1) is 31.3 Å². The second-order valence-electron chi connectivity index (χ2n) is 5.01. The molecular weight excluding hydrogens is 309 g/mol. The molecule has 0 atom stereocenters. The van der Waals surface area contributed by atoms with E-state index in [0.717, 1.165) is 17.2 Å². The van der Waals surface area contributed by atoms with Gasteiger partial charge in [-0.15, -0.1) is 0 Å². The number of anilines is 2. The molecule has 0 aliphatic heterocycles. The average Bonchev–Trinajstić information content (AvgIpc) is 2.46. The molecule has 0 saturated heterocycles. The molecule has 2 rings (SSSR count). The lowest BCUT2D eigenvalue weighted by Gasteiger charge is -2.09. The second-order valence-corrected chi connectivity index (χ2v) is 5.01. The largest absolute Gasteiger partial charge is 0.318 e. The zero-order valence-electron chi connectivity index (χ0n) is 12.3. The summed E-state index contributed by atoms with van der Waals surface area (Å²) in [6.45, 7) is 3.64. The van der Waals surface area contributed by atoms with E-state index in [2.05, 4.69) is 5.32 Å². The van der Waals surface area contributed by atoms with Crippen molar-refractivity contribution in [3.63, 3.8) is 0 Å². The molecule has 2 aromatic rings. The normalized spacial score (nSPS) is 10.3. The fraction of sp³-hybridized carbons (Fsp3) is 0.125. The third-order valence-electron chi connectivity index (χ3n) is 2.97. The monoisotopic (exact) mass is 322 g/mol. The van der Waals surface area contributed by atoms with E-state index in [0.29, 0.717) is 11.8 Å². The van der Waals surface area contributed by atoms with Gasteiger partial charge in [0, 0.05) is 5.69 Å². The van der Waals surface area contributed by atoms with E-state index in [1.807, 2.05) is 25.2 Å². The summed E-state index contributed by atoms with van der Waals surface area (Å²) >= 11 is 0. The Morgan fingerprint density at radius 2 is 1.39 bits per heavy atom. The Morgan fingerprint density at radius 3 is 2.00 bits per heavy atom. The van der Waals surface area contributed by atoms with Crippen molar-refractivity contribution in [1.82, 2.24) is 0 Å². The molecule has 120 valence electrons. The van der Waals surface area contributed by atoms with Gasteiger partial charge in [0.25, 0.3) is 0 Å². The Morgan fingerprint density at radius 1 is 0.826 bits per heavy atom. The summed E-state index contributed by atoms with van der Waals surface area (Å²) in [5, 5.41) is 4.24. The van der Waals surface area contributed by atoms with Crippen LogP contribution in [0.3, 0.4) is 0 Å². The first-order valence-corrected chi connectivity index (χ1v) is 6.62. The Hall–Kier alpha value is -2.83. The fourth-order valence-electron chi connectivity index (χ4n) is 2.04. The molecule has 0 bridgehead atoms. The molecule has 7 heteroatoms. The highest BCUT2D eigenvalue weighted by atomic mass is 19.2. The smallest absolute Gasteiger partial charge is 0.314 e. The quantitative estimate of drug-likeness (QED) is 0.658. The molecule has 0 spiro atoms. The standard InChI is InChI=1S/C16H13F3N2O2/c1-8-5-9(2)7-10(6-8)20-15(22)16(23)21-12-4-3-11(17)13(18)14(12)19/h3-7H,1-2H3,(H,20,22)(H,21,23). The highest BCUT2D eigenvalue weighted by Crippen LogP contribution is 2.20. The molecule has 2 amide bonds. The number of benzene rings is 2. The summed E-state index contributed by atoms with van der Waals surface area (Å²) in [6, 6.07) is 6.66. The molecule has 0 unspecified atom stereocenters. The first-order chi connectivity index (χ1) is 10.8. The number of nitrogens with one attached hydrogen (secondary N) is 2. The first kappa shape index (κ1) is 16.5. The van der Waals surface area contributed by atoms with Gasteiger partial charge < -0.3 is 10.6 Å². The van der Waals surface area contributed by atoms with Gasteiger partial charge in [-0.1, -0.05) is 6.07 Å². The van der Waals surface area contributed by atoms with Crippen LogP contribution in [0.15, 0.2) is 30.3 Å². The molecule has 0 saturated carbocycles. The van der Waals surface area contributed by atoms with Crippen molar-refractivity contribution in [3.8, 4) is 0 Å². The third-order valence-corrected chi connectivity index (χ3v) is 2.97. The number of amides is 2. The predicted octanol–water partition coefficient (Wildman–Crippen LogP) is 3.30.